The van der Waals surface area contributed by atoms with Crippen LogP contribution in [0.4, 0.5) is 10.5 Å². The Bertz CT molecular complexity index is 682. The summed E-state index contributed by atoms with van der Waals surface area (Å²) in [5, 5.41) is 15.7. The molecule has 7 nitrogen and oxygen atoms in total. The van der Waals surface area contributed by atoms with Crippen LogP contribution in [-0.2, 0) is 0 Å². The van der Waals surface area contributed by atoms with E-state index in [1.54, 1.807) is 12.3 Å². The lowest BCUT2D eigenvalue weighted by atomic mass is 10.1. The molecule has 26 heavy (non-hydrogen) atoms. The molecule has 0 unspecified atom stereocenters. The van der Waals surface area contributed by atoms with E-state index in [9.17, 15) is 9.90 Å². The number of aliphatic hydroxyl groups is 1. The minimum absolute atomic E-state index is 0.226. The number of nitrogens with one attached hydrogen (secondary N) is 2. The van der Waals surface area contributed by atoms with Gasteiger partial charge in [-0.2, -0.15) is 0 Å². The molecule has 0 bridgehead atoms. The van der Waals surface area contributed by atoms with Crippen LogP contribution in [-0.4, -0.2) is 53.3 Å². The molecule has 3 rings (SSSR count). The van der Waals surface area contributed by atoms with Gasteiger partial charge in [0, 0.05) is 24.3 Å². The molecule has 0 spiro atoms. The average molecular weight is 358 g/mol. The van der Waals surface area contributed by atoms with E-state index in [1.807, 2.05) is 18.2 Å². The summed E-state index contributed by atoms with van der Waals surface area (Å²) >= 11 is 0. The SMILES string of the molecule is O=C(NC[C@@H](O)CN1CCCCCC1)Nc1cccc(-c2cnco2)c1. The Kier molecular flexibility index (Phi) is 6.62. The summed E-state index contributed by atoms with van der Waals surface area (Å²) in [6.45, 7) is 2.88. The van der Waals surface area contributed by atoms with Crippen LogP contribution in [0, 0.1) is 0 Å². The Hall–Kier alpha value is -2.38. The predicted molar refractivity (Wildman–Crippen MR) is 99.9 cm³/mol. The van der Waals surface area contributed by atoms with Crippen LogP contribution in [0.2, 0.25) is 0 Å². The monoisotopic (exact) mass is 358 g/mol. The maximum atomic E-state index is 12.1. The zero-order chi connectivity index (χ0) is 18.2. The Morgan fingerprint density at radius 1 is 1.27 bits per heavy atom. The molecule has 2 heterocycles. The second kappa shape index (κ2) is 9.35. The highest BCUT2D eigenvalue weighted by Crippen LogP contribution is 2.21. The van der Waals surface area contributed by atoms with Gasteiger partial charge in [0.2, 0.25) is 0 Å². The molecular formula is C19H26N4O3. The third-order valence-electron chi connectivity index (χ3n) is 4.50. The van der Waals surface area contributed by atoms with Crippen molar-refractivity contribution >= 4 is 11.7 Å². The number of hydrogen-bond acceptors (Lipinski definition) is 5. The molecule has 1 fully saturated rings. The van der Waals surface area contributed by atoms with Crippen molar-refractivity contribution < 1.29 is 14.3 Å². The lowest BCUT2D eigenvalue weighted by Gasteiger charge is -2.23. The molecule has 140 valence electrons. The third kappa shape index (κ3) is 5.57. The standard InChI is InChI=1S/C19H26N4O3/c24-17(13-23-8-3-1-2-4-9-23)11-21-19(25)22-16-7-5-6-15(10-16)18-12-20-14-26-18/h5-7,10,12,14,17,24H,1-4,8-9,11,13H2,(H2,21,22,25)/t17-/m1/s1. The van der Waals surface area contributed by atoms with Gasteiger partial charge >= 0.3 is 6.03 Å². The summed E-state index contributed by atoms with van der Waals surface area (Å²) in [6, 6.07) is 6.99. The van der Waals surface area contributed by atoms with E-state index in [0.717, 1.165) is 18.7 Å². The van der Waals surface area contributed by atoms with Crippen molar-refractivity contribution in [3.63, 3.8) is 0 Å². The highest BCUT2D eigenvalue weighted by atomic mass is 16.3. The highest BCUT2D eigenvalue weighted by molar-refractivity contribution is 5.89. The first-order chi connectivity index (χ1) is 12.7. The van der Waals surface area contributed by atoms with E-state index in [2.05, 4.69) is 20.5 Å². The van der Waals surface area contributed by atoms with Crippen molar-refractivity contribution in [3.05, 3.63) is 36.9 Å². The van der Waals surface area contributed by atoms with Crippen molar-refractivity contribution in [2.75, 3.05) is 31.5 Å². The summed E-state index contributed by atoms with van der Waals surface area (Å²) in [6.07, 6.45) is 7.32. The van der Waals surface area contributed by atoms with Gasteiger partial charge in [-0.3, -0.25) is 0 Å². The molecule has 1 aromatic heterocycles. The number of carbonyl (C=O) groups excluding carboxylic acids is 1. The van der Waals surface area contributed by atoms with Gasteiger partial charge in [-0.25, -0.2) is 9.78 Å². The molecule has 3 N–H and O–H groups in total. The van der Waals surface area contributed by atoms with Crippen LogP contribution in [0.3, 0.4) is 0 Å². The fourth-order valence-electron chi connectivity index (χ4n) is 3.18. The van der Waals surface area contributed by atoms with Crippen molar-refractivity contribution in [1.29, 1.82) is 0 Å². The number of aliphatic hydroxyl groups excluding tert-OH is 1. The smallest absolute Gasteiger partial charge is 0.319 e. The van der Waals surface area contributed by atoms with E-state index in [1.165, 1.54) is 32.1 Å². The quantitative estimate of drug-likeness (QED) is 0.739. The summed E-state index contributed by atoms with van der Waals surface area (Å²) in [5.41, 5.74) is 1.49. The molecule has 0 saturated carbocycles. The Morgan fingerprint density at radius 3 is 2.81 bits per heavy atom. The van der Waals surface area contributed by atoms with Gasteiger partial charge in [-0.1, -0.05) is 25.0 Å². The maximum Gasteiger partial charge on any atom is 0.319 e. The zero-order valence-electron chi connectivity index (χ0n) is 14.9. The van der Waals surface area contributed by atoms with Gasteiger partial charge < -0.3 is 25.1 Å². The van der Waals surface area contributed by atoms with Crippen LogP contribution < -0.4 is 10.6 Å². The van der Waals surface area contributed by atoms with Gasteiger partial charge in [0.1, 0.15) is 0 Å². The van der Waals surface area contributed by atoms with E-state index in [-0.39, 0.29) is 12.6 Å². The number of nitrogens with zero attached hydrogens (tertiary/aromatic N) is 2. The van der Waals surface area contributed by atoms with Crippen LogP contribution in [0.5, 0.6) is 0 Å². The number of β-amino-alcohol motifs (C(OH)–C–C–N with tert-alkyl or cyclic N) is 1. The number of rotatable bonds is 6. The second-order valence-electron chi connectivity index (χ2n) is 6.65. The lowest BCUT2D eigenvalue weighted by Crippen LogP contribution is -2.41. The van der Waals surface area contributed by atoms with Crippen molar-refractivity contribution in [1.82, 2.24) is 15.2 Å². The predicted octanol–water partition coefficient (Wildman–Crippen LogP) is 2.70. The molecule has 1 atom stereocenters. The van der Waals surface area contributed by atoms with Gasteiger partial charge in [0.05, 0.1) is 12.3 Å². The molecule has 1 saturated heterocycles. The van der Waals surface area contributed by atoms with Crippen LogP contribution in [0.1, 0.15) is 25.7 Å². The number of anilines is 1. The van der Waals surface area contributed by atoms with Gasteiger partial charge in [-0.05, 0) is 38.1 Å². The number of urea groups is 1. The molecule has 2 aromatic rings. The first-order valence-corrected chi connectivity index (χ1v) is 9.15. The van der Waals surface area contributed by atoms with Gasteiger partial charge in [0.25, 0.3) is 0 Å². The van der Waals surface area contributed by atoms with Crippen molar-refractivity contribution in [3.8, 4) is 11.3 Å². The minimum atomic E-state index is -0.570. The molecule has 0 aliphatic carbocycles. The summed E-state index contributed by atoms with van der Waals surface area (Å²) in [4.78, 5) is 18.2. The summed E-state index contributed by atoms with van der Waals surface area (Å²) < 4.78 is 5.26. The van der Waals surface area contributed by atoms with Crippen LogP contribution >= 0.6 is 0 Å². The van der Waals surface area contributed by atoms with E-state index in [0.29, 0.717) is 18.0 Å². The van der Waals surface area contributed by atoms with Gasteiger partial charge in [0.15, 0.2) is 12.2 Å². The molecule has 1 aromatic carbocycles. The topological polar surface area (TPSA) is 90.6 Å². The normalized spacial score (nSPS) is 16.7. The number of aromatic nitrogens is 1. The number of amides is 2. The summed E-state index contributed by atoms with van der Waals surface area (Å²) in [5.74, 6) is 0.641. The number of oxazole rings is 1. The maximum absolute atomic E-state index is 12.1. The Labute approximate surface area is 153 Å². The van der Waals surface area contributed by atoms with Crippen molar-refractivity contribution in [2.24, 2.45) is 0 Å². The zero-order valence-corrected chi connectivity index (χ0v) is 14.9. The van der Waals surface area contributed by atoms with Crippen LogP contribution in [0.25, 0.3) is 11.3 Å². The largest absolute Gasteiger partial charge is 0.444 e. The van der Waals surface area contributed by atoms with Crippen molar-refractivity contribution in [2.45, 2.75) is 31.8 Å². The number of benzene rings is 1. The molecule has 0 radical (unpaired) electrons. The average Bonchev–Trinajstić information content (AvgIpc) is 3.06. The van der Waals surface area contributed by atoms with E-state index >= 15 is 0 Å². The first-order valence-electron chi connectivity index (χ1n) is 9.15. The summed E-state index contributed by atoms with van der Waals surface area (Å²) in [7, 11) is 0. The minimum Gasteiger partial charge on any atom is -0.444 e. The second-order valence-corrected chi connectivity index (χ2v) is 6.65. The molecule has 1 aliphatic rings. The third-order valence-corrected chi connectivity index (χ3v) is 4.50. The van der Waals surface area contributed by atoms with Crippen LogP contribution in [0.15, 0.2) is 41.3 Å². The lowest BCUT2D eigenvalue weighted by molar-refractivity contribution is 0.115. The molecule has 1 aliphatic heterocycles. The Morgan fingerprint density at radius 2 is 2.08 bits per heavy atom. The molecular weight excluding hydrogens is 332 g/mol. The first kappa shape index (κ1) is 18.4. The fourth-order valence-corrected chi connectivity index (χ4v) is 3.18. The molecule has 7 heteroatoms. The Balaban J connectivity index is 1.44. The van der Waals surface area contributed by atoms with E-state index < -0.39 is 6.10 Å². The number of likely N-dealkylation sites (tertiary alicyclic amines) is 1. The van der Waals surface area contributed by atoms with E-state index in [4.69, 9.17) is 4.42 Å². The molecule has 2 amide bonds. The fraction of sp³-hybridized carbons (Fsp3) is 0.474. The van der Waals surface area contributed by atoms with Gasteiger partial charge in [-0.15, -0.1) is 0 Å². The highest BCUT2D eigenvalue weighted by Gasteiger charge is 2.14. The number of hydrogen-bond donors (Lipinski definition) is 3. The number of carbonyl (C=O) groups is 1.